The average molecular weight is 323 g/mol. The lowest BCUT2D eigenvalue weighted by Crippen LogP contribution is -2.42. The molecule has 1 saturated carbocycles. The Morgan fingerprint density at radius 2 is 2.19 bits per heavy atom. The van der Waals surface area contributed by atoms with Crippen molar-refractivity contribution >= 4 is 22.9 Å². The lowest BCUT2D eigenvalue weighted by molar-refractivity contribution is 0.155. The van der Waals surface area contributed by atoms with E-state index in [9.17, 15) is 5.11 Å². The Bertz CT molecular complexity index is 582. The van der Waals surface area contributed by atoms with Crippen LogP contribution in [0.2, 0.25) is 5.02 Å². The monoisotopic (exact) mass is 322 g/mol. The molecule has 1 aliphatic carbocycles. The van der Waals surface area contributed by atoms with E-state index in [2.05, 4.69) is 10.3 Å². The molecule has 0 radical (unpaired) electrons. The van der Waals surface area contributed by atoms with E-state index in [-0.39, 0.29) is 5.54 Å². The van der Waals surface area contributed by atoms with E-state index in [0.29, 0.717) is 11.6 Å². The molecule has 3 nitrogen and oxygen atoms in total. The zero-order valence-corrected chi connectivity index (χ0v) is 13.3. The molecule has 21 heavy (non-hydrogen) atoms. The predicted octanol–water partition coefficient (Wildman–Crippen LogP) is 3.89. The van der Waals surface area contributed by atoms with Crippen molar-refractivity contribution in [1.82, 2.24) is 10.3 Å². The first-order valence-electron chi connectivity index (χ1n) is 7.28. The molecule has 2 N–H and O–H groups in total. The second-order valence-corrected chi connectivity index (χ2v) is 6.91. The second-order valence-electron chi connectivity index (χ2n) is 5.58. The van der Waals surface area contributed by atoms with Gasteiger partial charge in [0.25, 0.3) is 0 Å². The van der Waals surface area contributed by atoms with Crippen LogP contribution in [0.25, 0.3) is 0 Å². The quantitative estimate of drug-likeness (QED) is 0.877. The molecule has 2 aromatic rings. The summed E-state index contributed by atoms with van der Waals surface area (Å²) in [6, 6.07) is 7.41. The van der Waals surface area contributed by atoms with Gasteiger partial charge in [-0.3, -0.25) is 0 Å². The zero-order chi connectivity index (χ0) is 14.7. The predicted molar refractivity (Wildman–Crippen MR) is 86.7 cm³/mol. The van der Waals surface area contributed by atoms with Crippen molar-refractivity contribution in [2.45, 2.75) is 37.3 Å². The Labute approximate surface area is 134 Å². The van der Waals surface area contributed by atoms with Gasteiger partial charge in [0.05, 0.1) is 11.6 Å². The normalized spacial score (nSPS) is 18.8. The summed E-state index contributed by atoms with van der Waals surface area (Å²) >= 11 is 7.68. The maximum Gasteiger partial charge on any atom is 0.113 e. The lowest BCUT2D eigenvalue weighted by Gasteiger charge is -2.29. The van der Waals surface area contributed by atoms with Gasteiger partial charge in [-0.05, 0) is 30.5 Å². The van der Waals surface area contributed by atoms with Crippen LogP contribution in [0.15, 0.2) is 35.8 Å². The SMILES string of the molecule is OC(CNC1(c2nccs2)CCCC1)c1cccc(Cl)c1. The number of aliphatic hydroxyl groups excluding tert-OH is 1. The molecule has 112 valence electrons. The number of halogens is 1. The van der Waals surface area contributed by atoms with E-state index in [0.717, 1.165) is 23.4 Å². The minimum atomic E-state index is -0.555. The molecule has 0 saturated heterocycles. The van der Waals surface area contributed by atoms with E-state index in [1.54, 1.807) is 11.3 Å². The third kappa shape index (κ3) is 3.29. The molecule has 1 aliphatic rings. The Balaban J connectivity index is 1.70. The van der Waals surface area contributed by atoms with Crippen LogP contribution < -0.4 is 5.32 Å². The highest BCUT2D eigenvalue weighted by Crippen LogP contribution is 2.39. The molecule has 1 fully saturated rings. The minimum Gasteiger partial charge on any atom is -0.387 e. The van der Waals surface area contributed by atoms with Crippen LogP contribution in [0, 0.1) is 0 Å². The molecule has 5 heteroatoms. The van der Waals surface area contributed by atoms with Crippen LogP contribution in [0.1, 0.15) is 42.4 Å². The number of aromatic nitrogens is 1. The number of hydrogen-bond donors (Lipinski definition) is 2. The van der Waals surface area contributed by atoms with Crippen LogP contribution in [0.3, 0.4) is 0 Å². The molecule has 0 amide bonds. The van der Waals surface area contributed by atoms with Crippen molar-refractivity contribution in [3.63, 3.8) is 0 Å². The topological polar surface area (TPSA) is 45.1 Å². The molecule has 0 spiro atoms. The molecule has 3 rings (SSSR count). The summed E-state index contributed by atoms with van der Waals surface area (Å²) in [5.74, 6) is 0. The lowest BCUT2D eigenvalue weighted by atomic mass is 9.97. The Hall–Kier alpha value is -0.940. The Morgan fingerprint density at radius 3 is 2.86 bits per heavy atom. The molecule has 1 aromatic heterocycles. The van der Waals surface area contributed by atoms with Gasteiger partial charge in [-0.2, -0.15) is 0 Å². The highest BCUT2D eigenvalue weighted by molar-refractivity contribution is 7.09. The first-order chi connectivity index (χ1) is 10.2. The summed E-state index contributed by atoms with van der Waals surface area (Å²) in [4.78, 5) is 4.49. The summed E-state index contributed by atoms with van der Waals surface area (Å²) in [6.07, 6.45) is 5.89. The maximum absolute atomic E-state index is 10.4. The van der Waals surface area contributed by atoms with Crippen LogP contribution in [-0.4, -0.2) is 16.6 Å². The fourth-order valence-corrected chi connectivity index (χ4v) is 4.10. The average Bonchev–Trinajstić information content (AvgIpc) is 3.16. The number of rotatable bonds is 5. The Kier molecular flexibility index (Phi) is 4.60. The highest BCUT2D eigenvalue weighted by atomic mass is 35.5. The van der Waals surface area contributed by atoms with E-state index in [4.69, 9.17) is 11.6 Å². The summed E-state index contributed by atoms with van der Waals surface area (Å²) in [7, 11) is 0. The molecule has 1 aromatic carbocycles. The molecule has 0 aliphatic heterocycles. The summed E-state index contributed by atoms with van der Waals surface area (Å²) in [6.45, 7) is 0.514. The molecule has 1 atom stereocenters. The zero-order valence-electron chi connectivity index (χ0n) is 11.8. The van der Waals surface area contributed by atoms with Crippen molar-refractivity contribution < 1.29 is 5.11 Å². The highest BCUT2D eigenvalue weighted by Gasteiger charge is 2.37. The van der Waals surface area contributed by atoms with Gasteiger partial charge in [-0.15, -0.1) is 11.3 Å². The van der Waals surface area contributed by atoms with Crippen molar-refractivity contribution in [2.24, 2.45) is 0 Å². The summed E-state index contributed by atoms with van der Waals surface area (Å²) < 4.78 is 0. The van der Waals surface area contributed by atoms with E-state index in [1.807, 2.05) is 35.8 Å². The number of hydrogen-bond acceptors (Lipinski definition) is 4. The van der Waals surface area contributed by atoms with Crippen LogP contribution >= 0.6 is 22.9 Å². The van der Waals surface area contributed by atoms with Gasteiger partial charge in [0.2, 0.25) is 0 Å². The van der Waals surface area contributed by atoms with Gasteiger partial charge in [-0.1, -0.05) is 36.6 Å². The van der Waals surface area contributed by atoms with E-state index >= 15 is 0 Å². The molecule has 1 unspecified atom stereocenters. The van der Waals surface area contributed by atoms with Crippen LogP contribution in [-0.2, 0) is 5.54 Å². The summed E-state index contributed by atoms with van der Waals surface area (Å²) in [5, 5.41) is 17.8. The summed E-state index contributed by atoms with van der Waals surface area (Å²) in [5.41, 5.74) is 0.788. The van der Waals surface area contributed by atoms with Gasteiger partial charge >= 0.3 is 0 Å². The van der Waals surface area contributed by atoms with Crippen molar-refractivity contribution in [3.8, 4) is 0 Å². The number of nitrogens with one attached hydrogen (secondary N) is 1. The fraction of sp³-hybridized carbons (Fsp3) is 0.438. The van der Waals surface area contributed by atoms with Gasteiger partial charge in [0.1, 0.15) is 5.01 Å². The standard InChI is InChI=1S/C16H19ClN2OS/c17-13-5-3-4-12(10-13)14(20)11-19-16(6-1-2-7-16)15-18-8-9-21-15/h3-5,8-10,14,19-20H,1-2,6-7,11H2. The van der Waals surface area contributed by atoms with E-state index in [1.165, 1.54) is 12.8 Å². The number of aliphatic hydroxyl groups is 1. The van der Waals surface area contributed by atoms with Crippen LogP contribution in [0.4, 0.5) is 0 Å². The fourth-order valence-electron chi connectivity index (χ4n) is 3.03. The van der Waals surface area contributed by atoms with Crippen LogP contribution in [0.5, 0.6) is 0 Å². The minimum absolute atomic E-state index is 0.0618. The maximum atomic E-state index is 10.4. The van der Waals surface area contributed by atoms with Crippen molar-refractivity contribution in [3.05, 3.63) is 51.4 Å². The second kappa shape index (κ2) is 6.44. The van der Waals surface area contributed by atoms with Gasteiger partial charge < -0.3 is 10.4 Å². The first-order valence-corrected chi connectivity index (χ1v) is 8.54. The van der Waals surface area contributed by atoms with Gasteiger partial charge in [0, 0.05) is 23.1 Å². The molecule has 0 bridgehead atoms. The largest absolute Gasteiger partial charge is 0.387 e. The van der Waals surface area contributed by atoms with Gasteiger partial charge in [-0.25, -0.2) is 4.98 Å². The third-order valence-corrected chi connectivity index (χ3v) is 5.38. The third-order valence-electron chi connectivity index (χ3n) is 4.17. The van der Waals surface area contributed by atoms with Crippen molar-refractivity contribution in [2.75, 3.05) is 6.54 Å². The Morgan fingerprint density at radius 1 is 1.38 bits per heavy atom. The molecule has 1 heterocycles. The number of nitrogens with zero attached hydrogens (tertiary/aromatic N) is 1. The van der Waals surface area contributed by atoms with Crippen molar-refractivity contribution in [1.29, 1.82) is 0 Å². The first kappa shape index (κ1) is 15.0. The van der Waals surface area contributed by atoms with Gasteiger partial charge in [0.15, 0.2) is 0 Å². The molecular weight excluding hydrogens is 304 g/mol. The smallest absolute Gasteiger partial charge is 0.113 e. The molecular formula is C16H19ClN2OS. The number of benzene rings is 1. The number of thiazole rings is 1. The van der Waals surface area contributed by atoms with E-state index < -0.39 is 6.10 Å².